The fraction of sp³-hybridized carbons (Fsp3) is 0.812. The van der Waals surface area contributed by atoms with E-state index in [4.69, 9.17) is 10.2 Å². The number of hydrogen-bond acceptors (Lipinski definition) is 5. The number of aliphatic hydroxyl groups excluding tert-OH is 2. The molecule has 3 N–H and O–H groups in total. The minimum Gasteiger partial charge on any atom is -0.480 e. The first-order valence-electron chi connectivity index (χ1n) is 7.99. The number of rotatable bonds is 14. The summed E-state index contributed by atoms with van der Waals surface area (Å²) in [6, 6.07) is 0. The number of aliphatic hydroxyl groups is 2. The smallest absolute Gasteiger partial charge is 0.325 e. The summed E-state index contributed by atoms with van der Waals surface area (Å²) in [5.74, 6) is -3.70. The fourth-order valence-corrected chi connectivity index (χ4v) is 2.57. The van der Waals surface area contributed by atoms with E-state index in [2.05, 4.69) is 6.92 Å². The van der Waals surface area contributed by atoms with E-state index in [0.717, 1.165) is 25.7 Å². The second-order valence-electron chi connectivity index (χ2n) is 5.60. The van der Waals surface area contributed by atoms with Gasteiger partial charge in [-0.3, -0.25) is 14.4 Å². The van der Waals surface area contributed by atoms with Crippen molar-refractivity contribution in [2.45, 2.75) is 64.7 Å². The number of carboxylic acid groups (broad SMARTS) is 1. The van der Waals surface area contributed by atoms with Crippen molar-refractivity contribution in [3.63, 3.8) is 0 Å². The van der Waals surface area contributed by atoms with Crippen molar-refractivity contribution >= 4 is 17.5 Å². The zero-order valence-corrected chi connectivity index (χ0v) is 13.3. The Kier molecular flexibility index (Phi) is 10.7. The third-order valence-corrected chi connectivity index (χ3v) is 4.01. The average Bonchev–Trinajstić information content (AvgIpc) is 2.52. The number of hydrogen-bond donors (Lipinski definition) is 3. The van der Waals surface area contributed by atoms with Gasteiger partial charge in [0.25, 0.3) is 0 Å². The lowest BCUT2D eigenvalue weighted by Crippen LogP contribution is -2.49. The molecular weight excluding hydrogens is 288 g/mol. The van der Waals surface area contributed by atoms with Crippen LogP contribution in [0.4, 0.5) is 0 Å². The molecule has 0 unspecified atom stereocenters. The molecule has 6 nitrogen and oxygen atoms in total. The van der Waals surface area contributed by atoms with Gasteiger partial charge in [0.05, 0.1) is 0 Å². The molecule has 0 saturated carbocycles. The molecule has 0 fully saturated rings. The number of carbonyl (C=O) groups is 3. The molecule has 0 heterocycles. The lowest BCUT2D eigenvalue weighted by atomic mass is 9.75. The van der Waals surface area contributed by atoms with E-state index in [1.54, 1.807) is 0 Å². The molecule has 128 valence electrons. The molecule has 0 aromatic carbocycles. The summed E-state index contributed by atoms with van der Waals surface area (Å²) in [4.78, 5) is 34.9. The number of Topliss-reactive ketones (excluding diaryl/α,β-unsaturated/α-hetero) is 2. The minimum atomic E-state index is -2.30. The highest BCUT2D eigenvalue weighted by atomic mass is 16.4. The standard InChI is InChI=1S/C16H28O6/c1-2-3-4-5-6-7-8-9-10-16(15(21)22,13(19)11-17)14(20)12-18/h17-18H,2-12H2,1H3,(H,21,22). The van der Waals surface area contributed by atoms with Gasteiger partial charge in [-0.15, -0.1) is 0 Å². The number of unbranched alkanes of at least 4 members (excludes halogenated alkanes) is 7. The van der Waals surface area contributed by atoms with Crippen LogP contribution < -0.4 is 0 Å². The summed E-state index contributed by atoms with van der Waals surface area (Å²) in [6.45, 7) is 0.103. The Balaban J connectivity index is 4.46. The van der Waals surface area contributed by atoms with Gasteiger partial charge in [-0.2, -0.15) is 0 Å². The molecular formula is C16H28O6. The first kappa shape index (κ1) is 20.7. The highest BCUT2D eigenvalue weighted by molar-refractivity contribution is 6.22. The van der Waals surface area contributed by atoms with E-state index in [-0.39, 0.29) is 6.42 Å². The maximum atomic E-state index is 11.8. The zero-order valence-electron chi connectivity index (χ0n) is 13.3. The Hall–Kier alpha value is -1.27. The lowest BCUT2D eigenvalue weighted by Gasteiger charge is -2.25. The molecule has 6 heteroatoms. The predicted molar refractivity (Wildman–Crippen MR) is 81.5 cm³/mol. The molecule has 0 aromatic rings. The molecule has 0 rings (SSSR count). The van der Waals surface area contributed by atoms with E-state index >= 15 is 0 Å². The number of carbonyl (C=O) groups excluding carboxylic acids is 2. The molecule has 0 bridgehead atoms. The maximum absolute atomic E-state index is 11.8. The largest absolute Gasteiger partial charge is 0.480 e. The molecule has 0 spiro atoms. The number of carboxylic acids is 1. The van der Waals surface area contributed by atoms with Crippen LogP contribution in [0.15, 0.2) is 0 Å². The Morgan fingerprint density at radius 1 is 0.773 bits per heavy atom. The monoisotopic (exact) mass is 316 g/mol. The Bertz CT molecular complexity index is 348. The Morgan fingerprint density at radius 3 is 1.55 bits per heavy atom. The third-order valence-electron chi connectivity index (χ3n) is 4.01. The van der Waals surface area contributed by atoms with Crippen molar-refractivity contribution in [2.75, 3.05) is 13.2 Å². The molecule has 0 aliphatic carbocycles. The van der Waals surface area contributed by atoms with Gasteiger partial charge in [0.1, 0.15) is 13.2 Å². The topological polar surface area (TPSA) is 112 Å². The van der Waals surface area contributed by atoms with E-state index in [0.29, 0.717) is 6.42 Å². The van der Waals surface area contributed by atoms with Crippen LogP contribution in [0, 0.1) is 5.41 Å². The van der Waals surface area contributed by atoms with Crippen LogP contribution in [0.25, 0.3) is 0 Å². The zero-order chi connectivity index (χ0) is 17.0. The van der Waals surface area contributed by atoms with Crippen LogP contribution in [0.1, 0.15) is 64.7 Å². The number of ketones is 2. The van der Waals surface area contributed by atoms with E-state index in [1.165, 1.54) is 19.3 Å². The van der Waals surface area contributed by atoms with E-state index in [9.17, 15) is 19.5 Å². The normalized spacial score (nSPS) is 11.4. The summed E-state index contributed by atoms with van der Waals surface area (Å²) in [5, 5.41) is 27.1. The first-order valence-corrected chi connectivity index (χ1v) is 7.99. The molecule has 0 saturated heterocycles. The highest BCUT2D eigenvalue weighted by Crippen LogP contribution is 2.29. The van der Waals surface area contributed by atoms with E-state index in [1.807, 2.05) is 0 Å². The predicted octanol–water partition coefficient (Wildman–Crippen LogP) is 1.71. The van der Waals surface area contributed by atoms with Gasteiger partial charge in [0.2, 0.25) is 0 Å². The molecule has 0 aromatic heterocycles. The molecule has 0 amide bonds. The van der Waals surface area contributed by atoms with Crippen LogP contribution in [0.3, 0.4) is 0 Å². The van der Waals surface area contributed by atoms with Crippen molar-refractivity contribution in [3.8, 4) is 0 Å². The van der Waals surface area contributed by atoms with Gasteiger partial charge in [-0.1, -0.05) is 58.3 Å². The van der Waals surface area contributed by atoms with Gasteiger partial charge >= 0.3 is 5.97 Å². The van der Waals surface area contributed by atoms with Crippen molar-refractivity contribution in [1.29, 1.82) is 0 Å². The van der Waals surface area contributed by atoms with Crippen LogP contribution in [-0.4, -0.2) is 46.1 Å². The van der Waals surface area contributed by atoms with Gasteiger partial charge in [-0.25, -0.2) is 0 Å². The first-order chi connectivity index (χ1) is 10.5. The second-order valence-corrected chi connectivity index (χ2v) is 5.60. The summed E-state index contributed by atoms with van der Waals surface area (Å²) < 4.78 is 0. The van der Waals surface area contributed by atoms with E-state index < -0.39 is 36.2 Å². The van der Waals surface area contributed by atoms with Crippen molar-refractivity contribution in [2.24, 2.45) is 5.41 Å². The molecule has 0 atom stereocenters. The van der Waals surface area contributed by atoms with Gasteiger partial charge in [0.15, 0.2) is 17.0 Å². The highest BCUT2D eigenvalue weighted by Gasteiger charge is 2.50. The molecule has 0 radical (unpaired) electrons. The number of aliphatic carboxylic acids is 1. The SMILES string of the molecule is CCCCCCCCCCC(C(=O)O)(C(=O)CO)C(=O)CO. The van der Waals surface area contributed by atoms with Crippen LogP contribution in [-0.2, 0) is 14.4 Å². The van der Waals surface area contributed by atoms with Gasteiger partial charge in [-0.05, 0) is 6.42 Å². The fourth-order valence-electron chi connectivity index (χ4n) is 2.57. The van der Waals surface area contributed by atoms with Crippen LogP contribution in [0.5, 0.6) is 0 Å². The summed E-state index contributed by atoms with van der Waals surface area (Å²) in [7, 11) is 0. The van der Waals surface area contributed by atoms with Crippen LogP contribution >= 0.6 is 0 Å². The molecule has 0 aliphatic rings. The van der Waals surface area contributed by atoms with Crippen molar-refractivity contribution in [3.05, 3.63) is 0 Å². The summed E-state index contributed by atoms with van der Waals surface area (Å²) in [5.41, 5.74) is -2.30. The van der Waals surface area contributed by atoms with Crippen LogP contribution in [0.2, 0.25) is 0 Å². The minimum absolute atomic E-state index is 0.171. The lowest BCUT2D eigenvalue weighted by molar-refractivity contribution is -0.162. The van der Waals surface area contributed by atoms with Crippen molar-refractivity contribution < 1.29 is 29.7 Å². The quantitative estimate of drug-likeness (QED) is 0.332. The van der Waals surface area contributed by atoms with Crippen molar-refractivity contribution in [1.82, 2.24) is 0 Å². The molecule has 0 aliphatic heterocycles. The molecule has 22 heavy (non-hydrogen) atoms. The second kappa shape index (κ2) is 11.3. The maximum Gasteiger partial charge on any atom is 0.325 e. The Labute approximate surface area is 131 Å². The van der Waals surface area contributed by atoms with Gasteiger partial charge < -0.3 is 15.3 Å². The third kappa shape index (κ3) is 5.85. The average molecular weight is 316 g/mol. The Morgan fingerprint density at radius 2 is 1.18 bits per heavy atom. The summed E-state index contributed by atoms with van der Waals surface area (Å²) in [6.07, 6.45) is 7.60. The van der Waals surface area contributed by atoms with Gasteiger partial charge in [0, 0.05) is 0 Å². The summed E-state index contributed by atoms with van der Waals surface area (Å²) >= 11 is 0.